The largest absolute Gasteiger partial charge is 0.333 e. The third-order valence-corrected chi connectivity index (χ3v) is 4.19. The van der Waals surface area contributed by atoms with Crippen molar-refractivity contribution in [2.75, 3.05) is 18.8 Å². The zero-order valence-electron chi connectivity index (χ0n) is 11.1. The molecule has 17 heavy (non-hydrogen) atoms. The van der Waals surface area contributed by atoms with Crippen LogP contribution in [0.5, 0.6) is 0 Å². The van der Waals surface area contributed by atoms with E-state index in [2.05, 4.69) is 54.0 Å². The normalized spacial score (nSPS) is 19.1. The molecule has 1 aromatic rings. The van der Waals surface area contributed by atoms with Crippen LogP contribution in [0.25, 0.3) is 0 Å². The zero-order chi connectivity index (χ0) is 12.5. The minimum absolute atomic E-state index is 0.328. The Balaban J connectivity index is 1.97. The van der Waals surface area contributed by atoms with Crippen LogP contribution in [0, 0.1) is 11.3 Å². The van der Waals surface area contributed by atoms with Gasteiger partial charge in [-0.2, -0.15) is 12.6 Å². The number of aromatic nitrogens is 2. The number of nitrogens with zero attached hydrogens (tertiary/aromatic N) is 3. The van der Waals surface area contributed by atoms with Crippen LogP contribution in [0.4, 0.5) is 0 Å². The topological polar surface area (TPSA) is 21.1 Å². The fraction of sp³-hybridized carbons (Fsp3) is 0.769. The van der Waals surface area contributed by atoms with Gasteiger partial charge in [0.1, 0.15) is 5.82 Å². The molecule has 1 atom stereocenters. The highest BCUT2D eigenvalue weighted by Gasteiger charge is 2.27. The van der Waals surface area contributed by atoms with E-state index in [9.17, 15) is 0 Å². The van der Waals surface area contributed by atoms with Gasteiger partial charge in [-0.1, -0.05) is 20.8 Å². The number of hydrogen-bond donors (Lipinski definition) is 1. The SMILES string of the molecule is CC(C)(C)C(CS)CN1CCn2ccnc2C1. The van der Waals surface area contributed by atoms with Crippen molar-refractivity contribution in [1.82, 2.24) is 14.5 Å². The van der Waals surface area contributed by atoms with Crippen molar-refractivity contribution in [2.24, 2.45) is 11.3 Å². The second-order valence-electron chi connectivity index (χ2n) is 6.02. The molecule has 2 rings (SSSR count). The standard InChI is InChI=1S/C13H23N3S/c1-13(2,3)11(10-17)8-15-6-7-16-5-4-14-12(16)9-15/h4-5,11,17H,6-10H2,1-3H3. The summed E-state index contributed by atoms with van der Waals surface area (Å²) >= 11 is 4.50. The molecule has 0 fully saturated rings. The highest BCUT2D eigenvalue weighted by Crippen LogP contribution is 2.28. The van der Waals surface area contributed by atoms with Crippen molar-refractivity contribution in [1.29, 1.82) is 0 Å². The zero-order valence-corrected chi connectivity index (χ0v) is 12.0. The van der Waals surface area contributed by atoms with Gasteiger partial charge < -0.3 is 4.57 Å². The molecule has 0 N–H and O–H groups in total. The molecule has 1 unspecified atom stereocenters. The van der Waals surface area contributed by atoms with Gasteiger partial charge in [0.2, 0.25) is 0 Å². The lowest BCUT2D eigenvalue weighted by molar-refractivity contribution is 0.138. The van der Waals surface area contributed by atoms with Crippen LogP contribution in [0.15, 0.2) is 12.4 Å². The molecule has 0 aromatic carbocycles. The van der Waals surface area contributed by atoms with E-state index in [-0.39, 0.29) is 0 Å². The average Bonchev–Trinajstić information content (AvgIpc) is 2.71. The maximum absolute atomic E-state index is 4.50. The van der Waals surface area contributed by atoms with Gasteiger partial charge in [-0.3, -0.25) is 4.90 Å². The second kappa shape index (κ2) is 5.02. The molecule has 0 saturated heterocycles. The predicted octanol–water partition coefficient (Wildman–Crippen LogP) is 2.29. The van der Waals surface area contributed by atoms with Gasteiger partial charge in [-0.15, -0.1) is 0 Å². The molecule has 2 heterocycles. The monoisotopic (exact) mass is 253 g/mol. The van der Waals surface area contributed by atoms with E-state index >= 15 is 0 Å². The lowest BCUT2D eigenvalue weighted by Gasteiger charge is -2.36. The van der Waals surface area contributed by atoms with Crippen molar-refractivity contribution in [2.45, 2.75) is 33.9 Å². The number of fused-ring (bicyclic) bond motifs is 1. The van der Waals surface area contributed by atoms with Crippen molar-refractivity contribution < 1.29 is 0 Å². The molecular weight excluding hydrogens is 230 g/mol. The van der Waals surface area contributed by atoms with Crippen LogP contribution in [-0.4, -0.2) is 33.3 Å². The Hall–Kier alpha value is -0.480. The highest BCUT2D eigenvalue weighted by molar-refractivity contribution is 7.80. The van der Waals surface area contributed by atoms with E-state index in [1.807, 2.05) is 6.20 Å². The summed E-state index contributed by atoms with van der Waals surface area (Å²) in [4.78, 5) is 6.91. The number of hydrogen-bond acceptors (Lipinski definition) is 3. The molecule has 0 saturated carbocycles. The third-order valence-electron chi connectivity index (χ3n) is 3.75. The Labute approximate surface area is 110 Å². The van der Waals surface area contributed by atoms with Crippen LogP contribution < -0.4 is 0 Å². The predicted molar refractivity (Wildman–Crippen MR) is 74.3 cm³/mol. The van der Waals surface area contributed by atoms with E-state index in [4.69, 9.17) is 0 Å². The first kappa shape index (κ1) is 13.0. The lowest BCUT2D eigenvalue weighted by atomic mass is 9.81. The lowest BCUT2D eigenvalue weighted by Crippen LogP contribution is -2.40. The molecule has 1 aliphatic heterocycles. The number of imidazole rings is 1. The first-order valence-electron chi connectivity index (χ1n) is 6.34. The van der Waals surface area contributed by atoms with Crippen molar-refractivity contribution in [3.8, 4) is 0 Å². The summed E-state index contributed by atoms with van der Waals surface area (Å²) < 4.78 is 2.25. The summed E-state index contributed by atoms with van der Waals surface area (Å²) in [7, 11) is 0. The highest BCUT2D eigenvalue weighted by atomic mass is 32.1. The minimum atomic E-state index is 0.328. The quantitative estimate of drug-likeness (QED) is 0.835. The molecule has 1 aromatic heterocycles. The summed E-state index contributed by atoms with van der Waals surface area (Å²) in [5.41, 5.74) is 0.328. The molecule has 96 valence electrons. The van der Waals surface area contributed by atoms with Gasteiger partial charge in [0.15, 0.2) is 0 Å². The van der Waals surface area contributed by atoms with Gasteiger partial charge in [0, 0.05) is 32.0 Å². The van der Waals surface area contributed by atoms with Gasteiger partial charge in [-0.25, -0.2) is 4.98 Å². The van der Waals surface area contributed by atoms with Crippen LogP contribution in [0.1, 0.15) is 26.6 Å². The van der Waals surface area contributed by atoms with E-state index in [0.717, 1.165) is 31.9 Å². The first-order chi connectivity index (χ1) is 8.00. The summed E-state index contributed by atoms with van der Waals surface area (Å²) in [6, 6.07) is 0. The van der Waals surface area contributed by atoms with E-state index in [1.165, 1.54) is 5.82 Å². The Morgan fingerprint density at radius 2 is 2.18 bits per heavy atom. The first-order valence-corrected chi connectivity index (χ1v) is 6.97. The Bertz CT molecular complexity index is 367. The summed E-state index contributed by atoms with van der Waals surface area (Å²) in [5, 5.41) is 0. The Morgan fingerprint density at radius 1 is 1.41 bits per heavy atom. The molecule has 0 amide bonds. The van der Waals surface area contributed by atoms with Crippen LogP contribution in [0.3, 0.4) is 0 Å². The third kappa shape index (κ3) is 3.05. The fourth-order valence-electron chi connectivity index (χ4n) is 2.30. The van der Waals surface area contributed by atoms with Crippen LogP contribution >= 0.6 is 12.6 Å². The fourth-order valence-corrected chi connectivity index (χ4v) is 2.96. The molecule has 1 aliphatic rings. The van der Waals surface area contributed by atoms with E-state index < -0.39 is 0 Å². The van der Waals surface area contributed by atoms with E-state index in [1.54, 1.807) is 0 Å². The van der Waals surface area contributed by atoms with Gasteiger partial charge in [0.05, 0.1) is 6.54 Å². The summed E-state index contributed by atoms with van der Waals surface area (Å²) in [6.07, 6.45) is 3.98. The van der Waals surface area contributed by atoms with Crippen molar-refractivity contribution in [3.63, 3.8) is 0 Å². The van der Waals surface area contributed by atoms with Gasteiger partial charge in [0.25, 0.3) is 0 Å². The second-order valence-corrected chi connectivity index (χ2v) is 6.38. The molecule has 0 aliphatic carbocycles. The molecule has 3 nitrogen and oxygen atoms in total. The Kier molecular flexibility index (Phi) is 3.83. The van der Waals surface area contributed by atoms with E-state index in [0.29, 0.717) is 11.3 Å². The van der Waals surface area contributed by atoms with Crippen LogP contribution in [-0.2, 0) is 13.1 Å². The summed E-state index contributed by atoms with van der Waals surface area (Å²) in [6.45, 7) is 11.2. The minimum Gasteiger partial charge on any atom is -0.333 e. The molecule has 0 radical (unpaired) electrons. The smallest absolute Gasteiger partial charge is 0.122 e. The number of thiol groups is 1. The summed E-state index contributed by atoms with van der Waals surface area (Å²) in [5.74, 6) is 2.78. The Morgan fingerprint density at radius 3 is 2.82 bits per heavy atom. The van der Waals surface area contributed by atoms with Crippen molar-refractivity contribution in [3.05, 3.63) is 18.2 Å². The molecule has 4 heteroatoms. The maximum Gasteiger partial charge on any atom is 0.122 e. The van der Waals surface area contributed by atoms with Gasteiger partial charge >= 0.3 is 0 Å². The van der Waals surface area contributed by atoms with Crippen LogP contribution in [0.2, 0.25) is 0 Å². The molecule has 0 bridgehead atoms. The molecular formula is C13H23N3S. The average molecular weight is 253 g/mol. The number of rotatable bonds is 3. The van der Waals surface area contributed by atoms with Gasteiger partial charge in [-0.05, 0) is 17.1 Å². The van der Waals surface area contributed by atoms with Crippen molar-refractivity contribution >= 4 is 12.6 Å². The maximum atomic E-state index is 4.50. The molecule has 0 spiro atoms.